The Morgan fingerprint density at radius 1 is 0.964 bits per heavy atom. The monoisotopic (exact) mass is 405 g/mol. The van der Waals surface area contributed by atoms with Gasteiger partial charge in [-0.2, -0.15) is 0 Å². The molecule has 1 atom stereocenters. The van der Waals surface area contributed by atoms with Gasteiger partial charge in [0.25, 0.3) is 0 Å². The molecule has 0 amide bonds. The number of thiophene rings is 2. The number of hydrogen-bond donors (Lipinski definition) is 0. The number of anilines is 1. The number of rotatable bonds is 1. The van der Waals surface area contributed by atoms with Crippen LogP contribution in [0.5, 0.6) is 0 Å². The fourth-order valence-electron chi connectivity index (χ4n) is 8.05. The van der Waals surface area contributed by atoms with Crippen LogP contribution in [0, 0.1) is 30.6 Å². The number of benzene rings is 1. The first-order valence-corrected chi connectivity index (χ1v) is 12.7. The van der Waals surface area contributed by atoms with Crippen LogP contribution < -0.4 is 4.90 Å². The molecule has 3 heterocycles. The van der Waals surface area contributed by atoms with E-state index in [0.29, 0.717) is 6.04 Å². The molecule has 0 saturated heterocycles. The van der Waals surface area contributed by atoms with Gasteiger partial charge in [-0.25, -0.2) is 0 Å². The van der Waals surface area contributed by atoms with Gasteiger partial charge in [0.15, 0.2) is 0 Å². The molecule has 1 aliphatic heterocycles. The van der Waals surface area contributed by atoms with Crippen molar-refractivity contribution in [3.8, 4) is 0 Å². The minimum Gasteiger partial charge on any atom is -0.353 e. The minimum atomic E-state index is 0.244. The molecule has 4 aliphatic carbocycles. The van der Waals surface area contributed by atoms with Crippen molar-refractivity contribution in [3.05, 3.63) is 51.7 Å². The molecule has 8 rings (SSSR count). The second-order valence-corrected chi connectivity index (χ2v) is 12.2. The normalized spacial score (nSPS) is 38.1. The summed E-state index contributed by atoms with van der Waals surface area (Å²) in [7, 11) is 0. The van der Waals surface area contributed by atoms with Gasteiger partial charge >= 0.3 is 0 Å². The van der Waals surface area contributed by atoms with Crippen molar-refractivity contribution in [1.82, 2.24) is 0 Å². The molecule has 144 valence electrons. The van der Waals surface area contributed by atoms with Crippen LogP contribution in [0.1, 0.15) is 61.1 Å². The molecule has 1 spiro atoms. The first-order chi connectivity index (χ1) is 13.7. The molecular weight excluding hydrogens is 378 g/mol. The summed E-state index contributed by atoms with van der Waals surface area (Å²) in [6.45, 7) is 4.81. The number of fused-ring (bicyclic) bond motifs is 3. The van der Waals surface area contributed by atoms with E-state index in [1.165, 1.54) is 43.4 Å². The highest BCUT2D eigenvalue weighted by Gasteiger charge is 2.65. The highest BCUT2D eigenvalue weighted by atomic mass is 32.2. The average molecular weight is 406 g/mol. The fraction of sp³-hybridized carbons (Fsp3) is 0.520. The Hall–Kier alpha value is -1.32. The van der Waals surface area contributed by atoms with Crippen molar-refractivity contribution in [1.29, 1.82) is 0 Å². The van der Waals surface area contributed by atoms with Gasteiger partial charge in [0.1, 0.15) is 0 Å². The van der Waals surface area contributed by atoms with E-state index in [0.717, 1.165) is 23.7 Å². The predicted molar refractivity (Wildman–Crippen MR) is 120 cm³/mol. The molecule has 2 aromatic heterocycles. The number of hydrogen-bond acceptors (Lipinski definition) is 3. The first kappa shape index (κ1) is 16.5. The van der Waals surface area contributed by atoms with E-state index >= 15 is 0 Å². The van der Waals surface area contributed by atoms with Crippen molar-refractivity contribution in [3.63, 3.8) is 0 Å². The number of nitrogens with zero attached hydrogens (tertiary/aromatic N) is 1. The molecule has 1 aromatic carbocycles. The van der Waals surface area contributed by atoms with Crippen molar-refractivity contribution in [2.45, 2.75) is 57.5 Å². The van der Waals surface area contributed by atoms with Crippen LogP contribution in [-0.2, 0) is 5.54 Å². The molecule has 28 heavy (non-hydrogen) atoms. The molecule has 0 unspecified atom stereocenters. The maximum atomic E-state index is 2.94. The molecule has 4 saturated carbocycles. The summed E-state index contributed by atoms with van der Waals surface area (Å²) >= 11 is 4.06. The van der Waals surface area contributed by atoms with Gasteiger partial charge < -0.3 is 4.90 Å². The summed E-state index contributed by atoms with van der Waals surface area (Å²) in [4.78, 5) is 4.62. The zero-order valence-electron chi connectivity index (χ0n) is 16.7. The van der Waals surface area contributed by atoms with Gasteiger partial charge in [-0.1, -0.05) is 18.2 Å². The lowest BCUT2D eigenvalue weighted by atomic mass is 9.47. The van der Waals surface area contributed by atoms with E-state index in [4.69, 9.17) is 0 Å². The summed E-state index contributed by atoms with van der Waals surface area (Å²) in [5, 5.41) is 3.92. The van der Waals surface area contributed by atoms with Gasteiger partial charge in [0.2, 0.25) is 0 Å². The molecule has 5 aliphatic rings. The van der Waals surface area contributed by atoms with E-state index in [1.807, 2.05) is 11.3 Å². The highest BCUT2D eigenvalue weighted by molar-refractivity contribution is 7.37. The van der Waals surface area contributed by atoms with Crippen LogP contribution in [0.4, 0.5) is 5.69 Å². The summed E-state index contributed by atoms with van der Waals surface area (Å²) in [5.74, 6) is 3.68. The second kappa shape index (κ2) is 5.43. The van der Waals surface area contributed by atoms with Gasteiger partial charge in [-0.15, -0.1) is 22.7 Å². The Morgan fingerprint density at radius 2 is 1.68 bits per heavy atom. The van der Waals surface area contributed by atoms with Gasteiger partial charge in [0, 0.05) is 21.5 Å². The Kier molecular flexibility index (Phi) is 3.19. The average Bonchev–Trinajstić information content (AvgIpc) is 3.32. The van der Waals surface area contributed by atoms with Gasteiger partial charge in [-0.05, 0) is 92.7 Å². The lowest BCUT2D eigenvalue weighted by Gasteiger charge is -2.64. The standard InChI is InChI=1S/C25H27NS2/c1-14-5-3-4-6-21(14)26-15(2)23-22(20-7-8-27-24(20)28-23)25(26)18-10-16-9-17(12-18)13-19(25)11-16/h3-8,15-19H,9-13H2,1-2H3/t15-,16?,17?,18?,19?,25?/m0/s1. The van der Waals surface area contributed by atoms with Crippen LogP contribution in [0.3, 0.4) is 0 Å². The molecule has 1 nitrogen and oxygen atoms in total. The zero-order valence-corrected chi connectivity index (χ0v) is 18.3. The number of aryl methyl sites for hydroxylation is 1. The molecule has 4 bridgehead atoms. The van der Waals surface area contributed by atoms with E-state index in [2.05, 4.69) is 65.8 Å². The van der Waals surface area contributed by atoms with E-state index in [9.17, 15) is 0 Å². The SMILES string of the molecule is Cc1ccccc1N1[C@@H](C)c2sc3sccc3c2C12C1CC3CC(C1)CC2C3. The van der Waals surface area contributed by atoms with Crippen molar-refractivity contribution in [2.24, 2.45) is 23.7 Å². The highest BCUT2D eigenvalue weighted by Crippen LogP contribution is 2.70. The van der Waals surface area contributed by atoms with Crippen LogP contribution >= 0.6 is 22.7 Å². The third kappa shape index (κ3) is 1.80. The minimum absolute atomic E-state index is 0.244. The lowest BCUT2D eigenvalue weighted by Crippen LogP contribution is -2.62. The van der Waals surface area contributed by atoms with Gasteiger partial charge in [-0.3, -0.25) is 0 Å². The molecule has 0 N–H and O–H groups in total. The predicted octanol–water partition coefficient (Wildman–Crippen LogP) is 7.50. The lowest BCUT2D eigenvalue weighted by molar-refractivity contribution is -0.0596. The Balaban J connectivity index is 1.55. The van der Waals surface area contributed by atoms with Crippen molar-refractivity contribution < 1.29 is 0 Å². The summed E-state index contributed by atoms with van der Waals surface area (Å²) < 4.78 is 1.56. The van der Waals surface area contributed by atoms with Crippen LogP contribution in [0.15, 0.2) is 35.7 Å². The van der Waals surface area contributed by atoms with Crippen molar-refractivity contribution in [2.75, 3.05) is 4.90 Å². The third-order valence-electron chi connectivity index (χ3n) is 8.67. The molecule has 4 fully saturated rings. The van der Waals surface area contributed by atoms with Gasteiger partial charge in [0.05, 0.1) is 15.6 Å². The van der Waals surface area contributed by atoms with Crippen molar-refractivity contribution >= 4 is 37.8 Å². The fourth-order valence-corrected chi connectivity index (χ4v) is 10.4. The topological polar surface area (TPSA) is 3.24 Å². The van der Waals surface area contributed by atoms with Crippen LogP contribution in [0.2, 0.25) is 0 Å². The molecule has 3 aromatic rings. The Labute approximate surface area is 175 Å². The summed E-state index contributed by atoms with van der Waals surface area (Å²) in [5.41, 5.74) is 4.94. The maximum Gasteiger partial charge on any atom is 0.0872 e. The Morgan fingerprint density at radius 3 is 2.39 bits per heavy atom. The summed E-state index contributed by atoms with van der Waals surface area (Å²) in [6.07, 6.45) is 7.37. The quantitative estimate of drug-likeness (QED) is 0.405. The van der Waals surface area contributed by atoms with E-state index in [1.54, 1.807) is 19.8 Å². The molecule has 3 heteroatoms. The Bertz CT molecular complexity index is 1060. The maximum absolute atomic E-state index is 2.94. The van der Waals surface area contributed by atoms with E-state index < -0.39 is 0 Å². The first-order valence-electron chi connectivity index (χ1n) is 11.0. The third-order valence-corrected chi connectivity index (χ3v) is 11.1. The number of para-hydroxylation sites is 1. The molecule has 0 radical (unpaired) electrons. The van der Waals surface area contributed by atoms with Crippen LogP contribution in [-0.4, -0.2) is 0 Å². The van der Waals surface area contributed by atoms with Crippen LogP contribution in [0.25, 0.3) is 9.40 Å². The smallest absolute Gasteiger partial charge is 0.0872 e. The van der Waals surface area contributed by atoms with E-state index in [-0.39, 0.29) is 5.54 Å². The second-order valence-electron chi connectivity index (χ2n) is 9.93. The zero-order chi connectivity index (χ0) is 18.6. The summed E-state index contributed by atoms with van der Waals surface area (Å²) in [6, 6.07) is 12.1. The molecular formula is C25H27NS2. The largest absolute Gasteiger partial charge is 0.353 e.